The molecule has 0 radical (unpaired) electrons. The highest BCUT2D eigenvalue weighted by Gasteiger charge is 2.48. The van der Waals surface area contributed by atoms with Gasteiger partial charge in [-0.05, 0) is 51.8 Å². The minimum Gasteiger partial charge on any atom is -0.351 e. The maximum atomic E-state index is 12.1. The molecule has 0 aromatic heterocycles. The number of nitrogens with one attached hydrogen (secondary N) is 2. The van der Waals surface area contributed by atoms with Gasteiger partial charge in [0, 0.05) is 11.2 Å². The van der Waals surface area contributed by atoms with Gasteiger partial charge in [-0.3, -0.25) is 9.59 Å². The third-order valence-corrected chi connectivity index (χ3v) is 3.25. The molecule has 1 saturated carbocycles. The summed E-state index contributed by atoms with van der Waals surface area (Å²) in [5.74, 6) is -0.469. The first-order valence-electron chi connectivity index (χ1n) is 6.96. The van der Waals surface area contributed by atoms with E-state index in [1.807, 2.05) is 52.0 Å². The lowest BCUT2D eigenvalue weighted by molar-refractivity contribution is -0.126. The van der Waals surface area contributed by atoms with Crippen molar-refractivity contribution in [1.82, 2.24) is 5.32 Å². The first kappa shape index (κ1) is 14.6. The largest absolute Gasteiger partial charge is 0.351 e. The normalized spacial score (nSPS) is 21.2. The van der Waals surface area contributed by atoms with E-state index < -0.39 is 0 Å². The number of carbonyl (C=O) groups excluding carboxylic acids is 2. The summed E-state index contributed by atoms with van der Waals surface area (Å²) in [6.45, 7) is 7.80. The van der Waals surface area contributed by atoms with Crippen molar-refractivity contribution in [3.63, 3.8) is 0 Å². The van der Waals surface area contributed by atoms with E-state index >= 15 is 0 Å². The van der Waals surface area contributed by atoms with Gasteiger partial charge in [0.2, 0.25) is 11.8 Å². The average molecular weight is 274 g/mol. The molecule has 2 atom stereocenters. The predicted octanol–water partition coefficient (Wildman–Crippen LogP) is 2.48. The van der Waals surface area contributed by atoms with Crippen molar-refractivity contribution < 1.29 is 9.59 Å². The van der Waals surface area contributed by atoms with Crippen LogP contribution in [0.25, 0.3) is 0 Å². The smallest absolute Gasteiger partial charge is 0.228 e. The van der Waals surface area contributed by atoms with Gasteiger partial charge in [-0.2, -0.15) is 0 Å². The Kier molecular flexibility index (Phi) is 3.84. The van der Waals surface area contributed by atoms with Crippen LogP contribution in [-0.4, -0.2) is 17.4 Å². The molecule has 2 rings (SSSR count). The standard InChI is InChI=1S/C16H22N2O2/c1-10-6-5-7-11(8-10)17-14(19)12-9-13(12)15(20)18-16(2,3)4/h5-8,12-13H,9H2,1-4H3,(H,17,19)(H,18,20). The van der Waals surface area contributed by atoms with Crippen molar-refractivity contribution in [3.8, 4) is 0 Å². The number of anilines is 1. The van der Waals surface area contributed by atoms with Crippen LogP contribution in [0.4, 0.5) is 5.69 Å². The molecule has 1 aliphatic rings. The monoisotopic (exact) mass is 274 g/mol. The van der Waals surface area contributed by atoms with E-state index in [4.69, 9.17) is 0 Å². The van der Waals surface area contributed by atoms with E-state index in [1.165, 1.54) is 0 Å². The van der Waals surface area contributed by atoms with Crippen LogP contribution >= 0.6 is 0 Å². The minimum absolute atomic E-state index is 0.0260. The second-order valence-electron chi connectivity index (χ2n) is 6.55. The molecule has 1 fully saturated rings. The Morgan fingerprint density at radius 1 is 1.15 bits per heavy atom. The second kappa shape index (κ2) is 5.27. The van der Waals surface area contributed by atoms with Gasteiger partial charge in [-0.25, -0.2) is 0 Å². The van der Waals surface area contributed by atoms with Crippen LogP contribution in [0.2, 0.25) is 0 Å². The summed E-state index contributed by atoms with van der Waals surface area (Å²) in [6, 6.07) is 7.66. The summed E-state index contributed by atoms with van der Waals surface area (Å²) in [5, 5.41) is 5.79. The fraction of sp³-hybridized carbons (Fsp3) is 0.500. The van der Waals surface area contributed by atoms with E-state index in [1.54, 1.807) is 0 Å². The van der Waals surface area contributed by atoms with Gasteiger partial charge in [0.1, 0.15) is 0 Å². The van der Waals surface area contributed by atoms with E-state index in [9.17, 15) is 9.59 Å². The van der Waals surface area contributed by atoms with Crippen LogP contribution < -0.4 is 10.6 Å². The maximum absolute atomic E-state index is 12.1. The van der Waals surface area contributed by atoms with Crippen LogP contribution in [0.15, 0.2) is 24.3 Å². The summed E-state index contributed by atoms with van der Waals surface area (Å²) >= 11 is 0. The van der Waals surface area contributed by atoms with Gasteiger partial charge in [-0.15, -0.1) is 0 Å². The van der Waals surface area contributed by atoms with Gasteiger partial charge in [0.25, 0.3) is 0 Å². The SMILES string of the molecule is Cc1cccc(NC(=O)C2CC2C(=O)NC(C)(C)C)c1. The van der Waals surface area contributed by atoms with Gasteiger partial charge in [0.15, 0.2) is 0 Å². The maximum Gasteiger partial charge on any atom is 0.228 e. The lowest BCUT2D eigenvalue weighted by Gasteiger charge is -2.20. The Labute approximate surface area is 119 Å². The van der Waals surface area contributed by atoms with Crippen molar-refractivity contribution in [2.75, 3.05) is 5.32 Å². The summed E-state index contributed by atoms with van der Waals surface area (Å²) in [5.41, 5.74) is 1.63. The quantitative estimate of drug-likeness (QED) is 0.889. The molecule has 4 heteroatoms. The number of hydrogen-bond donors (Lipinski definition) is 2. The molecule has 108 valence electrons. The van der Waals surface area contributed by atoms with E-state index in [0.717, 1.165) is 11.3 Å². The highest BCUT2D eigenvalue weighted by Crippen LogP contribution is 2.39. The molecule has 1 aromatic rings. The highest BCUT2D eigenvalue weighted by atomic mass is 16.2. The van der Waals surface area contributed by atoms with Crippen LogP contribution in [0.1, 0.15) is 32.8 Å². The van der Waals surface area contributed by atoms with Crippen LogP contribution in [0, 0.1) is 18.8 Å². The average Bonchev–Trinajstić information content (AvgIpc) is 3.06. The summed E-state index contributed by atoms with van der Waals surface area (Å²) in [6.07, 6.45) is 0.638. The number of aryl methyl sites for hydroxylation is 1. The van der Waals surface area contributed by atoms with Crippen LogP contribution in [0.3, 0.4) is 0 Å². The number of carbonyl (C=O) groups is 2. The lowest BCUT2D eigenvalue weighted by Crippen LogP contribution is -2.42. The van der Waals surface area contributed by atoms with Gasteiger partial charge in [-0.1, -0.05) is 12.1 Å². The van der Waals surface area contributed by atoms with E-state index in [2.05, 4.69) is 10.6 Å². The van der Waals surface area contributed by atoms with Crippen LogP contribution in [-0.2, 0) is 9.59 Å². The van der Waals surface area contributed by atoms with Crippen molar-refractivity contribution in [3.05, 3.63) is 29.8 Å². The Morgan fingerprint density at radius 3 is 2.40 bits per heavy atom. The first-order chi connectivity index (χ1) is 9.26. The van der Waals surface area contributed by atoms with Crippen molar-refractivity contribution in [2.45, 2.75) is 39.7 Å². The fourth-order valence-electron chi connectivity index (χ4n) is 2.19. The molecule has 2 N–H and O–H groups in total. The molecular formula is C16H22N2O2. The van der Waals surface area contributed by atoms with Gasteiger partial charge in [0.05, 0.1) is 11.8 Å². The molecule has 0 saturated heterocycles. The Morgan fingerprint density at radius 2 is 1.80 bits per heavy atom. The Balaban J connectivity index is 1.89. The van der Waals surface area contributed by atoms with E-state index in [0.29, 0.717) is 6.42 Å². The third-order valence-electron chi connectivity index (χ3n) is 3.25. The zero-order valence-corrected chi connectivity index (χ0v) is 12.5. The Hall–Kier alpha value is -1.84. The molecule has 2 unspecified atom stereocenters. The zero-order chi connectivity index (χ0) is 14.9. The first-order valence-corrected chi connectivity index (χ1v) is 6.96. The molecule has 2 amide bonds. The van der Waals surface area contributed by atoms with Gasteiger partial charge >= 0.3 is 0 Å². The highest BCUT2D eigenvalue weighted by molar-refractivity contribution is 5.99. The summed E-state index contributed by atoms with van der Waals surface area (Å²) in [7, 11) is 0. The number of rotatable bonds is 3. The number of hydrogen-bond acceptors (Lipinski definition) is 2. The second-order valence-corrected chi connectivity index (χ2v) is 6.55. The minimum atomic E-state index is -0.253. The molecular weight excluding hydrogens is 252 g/mol. The number of amides is 2. The van der Waals surface area contributed by atoms with Crippen molar-refractivity contribution >= 4 is 17.5 Å². The van der Waals surface area contributed by atoms with E-state index in [-0.39, 0.29) is 29.2 Å². The molecule has 20 heavy (non-hydrogen) atoms. The summed E-state index contributed by atoms with van der Waals surface area (Å²) in [4.78, 5) is 24.0. The van der Waals surface area contributed by atoms with Gasteiger partial charge < -0.3 is 10.6 Å². The fourth-order valence-corrected chi connectivity index (χ4v) is 2.19. The molecule has 0 bridgehead atoms. The van der Waals surface area contributed by atoms with Crippen molar-refractivity contribution in [2.24, 2.45) is 11.8 Å². The Bertz CT molecular complexity index is 532. The molecule has 1 aliphatic carbocycles. The molecule has 0 spiro atoms. The summed E-state index contributed by atoms with van der Waals surface area (Å²) < 4.78 is 0. The molecule has 4 nitrogen and oxygen atoms in total. The van der Waals surface area contributed by atoms with Crippen molar-refractivity contribution in [1.29, 1.82) is 0 Å². The predicted molar refractivity (Wildman–Crippen MR) is 79.3 cm³/mol. The third kappa shape index (κ3) is 3.83. The lowest BCUT2D eigenvalue weighted by atomic mass is 10.1. The zero-order valence-electron chi connectivity index (χ0n) is 12.5. The molecule has 1 aromatic carbocycles. The molecule has 0 heterocycles. The molecule has 0 aliphatic heterocycles. The number of benzene rings is 1. The topological polar surface area (TPSA) is 58.2 Å². The van der Waals surface area contributed by atoms with Crippen LogP contribution in [0.5, 0.6) is 0 Å².